The van der Waals surface area contributed by atoms with E-state index in [0.29, 0.717) is 4.90 Å². The fourth-order valence-electron chi connectivity index (χ4n) is 4.55. The number of hydrogen-bond acceptors (Lipinski definition) is 6. The molecule has 2 heterocycles. The van der Waals surface area contributed by atoms with E-state index in [2.05, 4.69) is 10.3 Å². The highest BCUT2D eigenvalue weighted by molar-refractivity contribution is 7.17. The van der Waals surface area contributed by atoms with E-state index in [0.717, 1.165) is 39.8 Å². The van der Waals surface area contributed by atoms with Gasteiger partial charge >= 0.3 is 12.1 Å². The van der Waals surface area contributed by atoms with Crippen molar-refractivity contribution in [1.82, 2.24) is 9.88 Å². The summed E-state index contributed by atoms with van der Waals surface area (Å²) in [6.07, 6.45) is -0.615. The number of likely N-dealkylation sites (tertiary alicyclic amines) is 1. The van der Waals surface area contributed by atoms with Crippen molar-refractivity contribution in [2.24, 2.45) is 0 Å². The number of halogens is 2. The van der Waals surface area contributed by atoms with Crippen LogP contribution < -0.4 is 5.32 Å². The van der Waals surface area contributed by atoms with E-state index in [-0.39, 0.29) is 22.5 Å². The average Bonchev–Trinajstić information content (AvgIpc) is 3.51. The monoisotopic (exact) mass is 499 g/mol. The number of rotatable bonds is 5. The number of carboxylic acid groups (broad SMARTS) is 1. The number of fused-ring (bicyclic) bond motifs is 3. The third kappa shape index (κ3) is 4.34. The Morgan fingerprint density at radius 1 is 1.11 bits per heavy atom. The van der Waals surface area contributed by atoms with Gasteiger partial charge < -0.3 is 14.7 Å². The summed E-state index contributed by atoms with van der Waals surface area (Å²) >= 11 is 0.753. The molecule has 1 saturated heterocycles. The molecule has 1 aliphatic carbocycles. The Bertz CT molecular complexity index is 1280. The van der Waals surface area contributed by atoms with Crippen molar-refractivity contribution in [3.63, 3.8) is 0 Å². The topological polar surface area (TPSA) is 109 Å². The molecule has 180 valence electrons. The van der Waals surface area contributed by atoms with Gasteiger partial charge in [-0.3, -0.25) is 10.1 Å². The number of nitrogens with one attached hydrogen (secondary N) is 1. The van der Waals surface area contributed by atoms with E-state index in [9.17, 15) is 28.3 Å². The van der Waals surface area contributed by atoms with Crippen molar-refractivity contribution < 1.29 is 33.0 Å². The van der Waals surface area contributed by atoms with E-state index in [1.165, 1.54) is 0 Å². The van der Waals surface area contributed by atoms with Gasteiger partial charge in [-0.05, 0) is 22.3 Å². The third-order valence-electron chi connectivity index (χ3n) is 6.08. The van der Waals surface area contributed by atoms with Crippen LogP contribution in [0.5, 0.6) is 0 Å². The summed E-state index contributed by atoms with van der Waals surface area (Å²) in [5, 5.41) is 11.7. The average molecular weight is 499 g/mol. The zero-order valence-corrected chi connectivity index (χ0v) is 18.9. The number of carbonyl (C=O) groups excluding carboxylic acids is 2. The summed E-state index contributed by atoms with van der Waals surface area (Å²) in [5.74, 6) is -5.80. The number of aromatic nitrogens is 1. The van der Waals surface area contributed by atoms with Crippen molar-refractivity contribution in [2.45, 2.75) is 24.3 Å². The van der Waals surface area contributed by atoms with Crippen LogP contribution in [0.3, 0.4) is 0 Å². The molecule has 8 nitrogen and oxygen atoms in total. The lowest BCUT2D eigenvalue weighted by atomic mass is 9.98. The summed E-state index contributed by atoms with van der Waals surface area (Å²) in [7, 11) is 0. The van der Waals surface area contributed by atoms with E-state index in [4.69, 9.17) is 4.74 Å². The molecular formula is C24H19F2N3O5S. The van der Waals surface area contributed by atoms with Gasteiger partial charge in [-0.1, -0.05) is 59.9 Å². The Morgan fingerprint density at radius 2 is 1.74 bits per heavy atom. The quantitative estimate of drug-likeness (QED) is 0.537. The molecule has 1 aliphatic heterocycles. The second-order valence-electron chi connectivity index (χ2n) is 8.33. The maximum Gasteiger partial charge on any atom is 0.413 e. The number of nitrogens with zero attached hydrogens (tertiary/aromatic N) is 2. The predicted octanol–water partition coefficient (Wildman–Crippen LogP) is 4.44. The molecule has 1 fully saturated rings. The van der Waals surface area contributed by atoms with Gasteiger partial charge in [0.1, 0.15) is 17.5 Å². The maximum absolute atomic E-state index is 13.7. The summed E-state index contributed by atoms with van der Waals surface area (Å²) in [6.45, 7) is -0.907. The fourth-order valence-corrected chi connectivity index (χ4v) is 5.30. The second-order valence-corrected chi connectivity index (χ2v) is 9.36. The van der Waals surface area contributed by atoms with Crippen LogP contribution in [0.15, 0.2) is 54.7 Å². The molecule has 0 spiro atoms. The van der Waals surface area contributed by atoms with Crippen LogP contribution in [0.1, 0.15) is 33.1 Å². The SMILES string of the molecule is O=C(Nc1ncc(C(=O)N2CC(F)(F)CC2C(=O)O)s1)OCC1c2ccccc2-c2ccccc21. The molecule has 5 rings (SSSR count). The Kier molecular flexibility index (Phi) is 5.72. The van der Waals surface area contributed by atoms with Gasteiger partial charge in [-0.25, -0.2) is 23.4 Å². The number of alkyl halides is 2. The first-order valence-corrected chi connectivity index (χ1v) is 11.5. The first-order chi connectivity index (χ1) is 16.7. The van der Waals surface area contributed by atoms with Crippen molar-refractivity contribution in [3.05, 3.63) is 70.7 Å². The zero-order valence-electron chi connectivity index (χ0n) is 18.1. The number of thiazole rings is 1. The van der Waals surface area contributed by atoms with Crippen molar-refractivity contribution in [3.8, 4) is 11.1 Å². The van der Waals surface area contributed by atoms with Gasteiger partial charge in [-0.2, -0.15) is 0 Å². The van der Waals surface area contributed by atoms with Crippen molar-refractivity contribution in [1.29, 1.82) is 0 Å². The third-order valence-corrected chi connectivity index (χ3v) is 6.99. The number of aliphatic carboxylic acids is 1. The van der Waals surface area contributed by atoms with Crippen LogP contribution in [0.2, 0.25) is 0 Å². The standard InChI is InChI=1S/C24H19F2N3O5S/c25-24(26)9-18(21(31)32)29(12-24)20(30)19-10-27-22(35-19)28-23(33)34-11-17-15-7-3-1-5-13(15)14-6-2-4-8-16(14)17/h1-8,10,17-18H,9,11-12H2,(H,31,32)(H,27,28,33). The Balaban J connectivity index is 1.23. The van der Waals surface area contributed by atoms with Crippen LogP contribution in [0, 0.1) is 0 Å². The van der Waals surface area contributed by atoms with Gasteiger partial charge in [0.15, 0.2) is 5.13 Å². The van der Waals surface area contributed by atoms with Gasteiger partial charge in [-0.15, -0.1) is 0 Å². The van der Waals surface area contributed by atoms with Gasteiger partial charge in [0, 0.05) is 12.3 Å². The van der Waals surface area contributed by atoms with E-state index < -0.39 is 42.9 Å². The highest BCUT2D eigenvalue weighted by atomic mass is 32.1. The summed E-state index contributed by atoms with van der Waals surface area (Å²) in [4.78, 5) is 40.8. The first-order valence-electron chi connectivity index (χ1n) is 10.7. The molecule has 0 bridgehead atoms. The molecule has 2 aliphatic rings. The molecule has 2 amide bonds. The lowest BCUT2D eigenvalue weighted by molar-refractivity contribution is -0.141. The van der Waals surface area contributed by atoms with Crippen molar-refractivity contribution >= 4 is 34.4 Å². The van der Waals surface area contributed by atoms with Crippen molar-refractivity contribution in [2.75, 3.05) is 18.5 Å². The lowest BCUT2D eigenvalue weighted by Gasteiger charge is -2.19. The maximum atomic E-state index is 13.7. The Hall–Kier alpha value is -3.86. The molecule has 0 radical (unpaired) electrons. The number of ether oxygens (including phenoxy) is 1. The highest BCUT2D eigenvalue weighted by Gasteiger charge is 2.50. The smallest absolute Gasteiger partial charge is 0.413 e. The van der Waals surface area contributed by atoms with Gasteiger partial charge in [0.2, 0.25) is 0 Å². The lowest BCUT2D eigenvalue weighted by Crippen LogP contribution is -2.40. The second kappa shape index (κ2) is 8.73. The molecule has 1 unspecified atom stereocenters. The summed E-state index contributed by atoms with van der Waals surface area (Å²) < 4.78 is 32.9. The molecule has 11 heteroatoms. The van der Waals surface area contributed by atoms with Crippen LogP contribution in [-0.2, 0) is 9.53 Å². The van der Waals surface area contributed by atoms with Crippen LogP contribution in [0.25, 0.3) is 11.1 Å². The molecule has 0 saturated carbocycles. The Morgan fingerprint density at radius 3 is 2.37 bits per heavy atom. The number of amides is 2. The number of carbonyl (C=O) groups is 3. The first kappa shape index (κ1) is 22.9. The van der Waals surface area contributed by atoms with Crippen LogP contribution in [-0.4, -0.2) is 58.1 Å². The molecule has 3 aromatic rings. The fraction of sp³-hybridized carbons (Fsp3) is 0.250. The minimum Gasteiger partial charge on any atom is -0.480 e. The largest absolute Gasteiger partial charge is 0.480 e. The predicted molar refractivity (Wildman–Crippen MR) is 123 cm³/mol. The molecule has 2 N–H and O–H groups in total. The van der Waals surface area contributed by atoms with Crippen LogP contribution >= 0.6 is 11.3 Å². The molecule has 2 aromatic carbocycles. The van der Waals surface area contributed by atoms with Gasteiger partial charge in [0.05, 0.1) is 12.7 Å². The number of benzene rings is 2. The molecule has 1 atom stereocenters. The molecular weight excluding hydrogens is 480 g/mol. The normalized spacial score (nSPS) is 18.1. The number of carboxylic acids is 1. The summed E-state index contributed by atoms with van der Waals surface area (Å²) in [5.41, 5.74) is 4.29. The molecule has 1 aromatic heterocycles. The number of hydrogen-bond donors (Lipinski definition) is 2. The highest BCUT2D eigenvalue weighted by Crippen LogP contribution is 2.44. The van der Waals surface area contributed by atoms with E-state index in [1.807, 2.05) is 48.5 Å². The molecule has 35 heavy (non-hydrogen) atoms. The van der Waals surface area contributed by atoms with Crippen LogP contribution in [0.4, 0.5) is 18.7 Å². The van der Waals surface area contributed by atoms with Gasteiger partial charge in [0.25, 0.3) is 11.8 Å². The minimum absolute atomic E-state index is 0.0309. The number of anilines is 1. The van der Waals surface area contributed by atoms with E-state index >= 15 is 0 Å². The van der Waals surface area contributed by atoms with E-state index in [1.54, 1.807) is 0 Å². The summed E-state index contributed by atoms with van der Waals surface area (Å²) in [6, 6.07) is 14.2. The zero-order chi connectivity index (χ0) is 24.7. The minimum atomic E-state index is -3.29. The Labute approximate surface area is 202 Å².